The molecule has 2 aromatic heterocycles. The molecule has 0 spiro atoms. The van der Waals surface area contributed by atoms with Crippen LogP contribution in [0.15, 0.2) is 54.9 Å². The van der Waals surface area contributed by atoms with E-state index in [1.807, 2.05) is 53.1 Å². The first kappa shape index (κ1) is 15.7. The van der Waals surface area contributed by atoms with E-state index in [1.54, 1.807) is 18.2 Å². The van der Waals surface area contributed by atoms with Gasteiger partial charge in [0.1, 0.15) is 17.1 Å². The highest BCUT2D eigenvalue weighted by Gasteiger charge is 2.36. The quantitative estimate of drug-likeness (QED) is 0.796. The first-order valence-electron chi connectivity index (χ1n) is 8.22. The molecule has 25 heavy (non-hydrogen) atoms. The van der Waals surface area contributed by atoms with Crippen molar-refractivity contribution in [2.45, 2.75) is 18.6 Å². The first-order valence-corrected chi connectivity index (χ1v) is 8.22. The van der Waals surface area contributed by atoms with E-state index in [9.17, 15) is 9.90 Å². The minimum atomic E-state index is -0.544. The number of pyridine rings is 1. The number of methoxy groups -OCH3 is 1. The third-order valence-electron chi connectivity index (χ3n) is 4.60. The van der Waals surface area contributed by atoms with Gasteiger partial charge in [-0.2, -0.15) is 0 Å². The lowest BCUT2D eigenvalue weighted by Gasteiger charge is -2.24. The summed E-state index contributed by atoms with van der Waals surface area (Å²) in [7, 11) is 1.61. The molecule has 6 heteroatoms. The van der Waals surface area contributed by atoms with Gasteiger partial charge in [-0.1, -0.05) is 18.2 Å². The Morgan fingerprint density at radius 3 is 2.96 bits per heavy atom. The van der Waals surface area contributed by atoms with Crippen LogP contribution in [-0.2, 0) is 0 Å². The number of nitrogens with zero attached hydrogens (tertiary/aromatic N) is 3. The summed E-state index contributed by atoms with van der Waals surface area (Å²) in [5.41, 5.74) is 2.06. The molecule has 1 aliphatic heterocycles. The molecule has 6 nitrogen and oxygen atoms in total. The number of likely N-dealkylation sites (tertiary alicyclic amines) is 1. The van der Waals surface area contributed by atoms with Crippen LogP contribution in [0.25, 0.3) is 5.65 Å². The lowest BCUT2D eigenvalue weighted by atomic mass is 10.0. The van der Waals surface area contributed by atoms with Crippen molar-refractivity contribution in [3.63, 3.8) is 0 Å². The van der Waals surface area contributed by atoms with Crippen molar-refractivity contribution in [1.82, 2.24) is 14.3 Å². The van der Waals surface area contributed by atoms with E-state index < -0.39 is 6.10 Å². The predicted molar refractivity (Wildman–Crippen MR) is 92.6 cm³/mol. The van der Waals surface area contributed by atoms with E-state index in [1.165, 1.54) is 0 Å². The molecule has 1 N–H and O–H groups in total. The van der Waals surface area contributed by atoms with Crippen molar-refractivity contribution < 1.29 is 14.6 Å². The van der Waals surface area contributed by atoms with Crippen molar-refractivity contribution in [3.05, 3.63) is 66.1 Å². The molecule has 0 saturated carbocycles. The Kier molecular flexibility index (Phi) is 3.89. The van der Waals surface area contributed by atoms with Gasteiger partial charge in [-0.25, -0.2) is 4.98 Å². The van der Waals surface area contributed by atoms with Crippen LogP contribution >= 0.6 is 0 Å². The van der Waals surface area contributed by atoms with Crippen LogP contribution in [0.3, 0.4) is 0 Å². The maximum absolute atomic E-state index is 13.0. The Morgan fingerprint density at radius 2 is 2.16 bits per heavy atom. The molecule has 1 aliphatic rings. The first-order chi connectivity index (χ1) is 12.2. The second-order valence-corrected chi connectivity index (χ2v) is 6.23. The molecule has 0 aliphatic carbocycles. The maximum Gasteiger partial charge on any atom is 0.274 e. The summed E-state index contributed by atoms with van der Waals surface area (Å²) < 4.78 is 7.10. The summed E-state index contributed by atoms with van der Waals surface area (Å²) >= 11 is 0. The Morgan fingerprint density at radius 1 is 1.28 bits per heavy atom. The summed E-state index contributed by atoms with van der Waals surface area (Å²) in [4.78, 5) is 19.1. The second-order valence-electron chi connectivity index (χ2n) is 6.23. The summed E-state index contributed by atoms with van der Waals surface area (Å²) in [5, 5.41) is 10.1. The molecule has 4 rings (SSSR count). The zero-order chi connectivity index (χ0) is 17.4. The Bertz CT molecular complexity index is 888. The number of hydrogen-bond donors (Lipinski definition) is 1. The number of carbonyl (C=O) groups excluding carboxylic acids is 1. The summed E-state index contributed by atoms with van der Waals surface area (Å²) in [6, 6.07) is 13.1. The average molecular weight is 337 g/mol. The highest BCUT2D eigenvalue weighted by Crippen LogP contribution is 2.34. The van der Waals surface area contributed by atoms with E-state index in [0.29, 0.717) is 18.7 Å². The summed E-state index contributed by atoms with van der Waals surface area (Å²) in [5.74, 6) is 0.562. The van der Waals surface area contributed by atoms with Gasteiger partial charge >= 0.3 is 0 Å². The van der Waals surface area contributed by atoms with Crippen LogP contribution in [0.2, 0.25) is 0 Å². The monoisotopic (exact) mass is 337 g/mol. The van der Waals surface area contributed by atoms with Gasteiger partial charge in [0.05, 0.1) is 19.3 Å². The van der Waals surface area contributed by atoms with Crippen molar-refractivity contribution in [1.29, 1.82) is 0 Å². The summed E-state index contributed by atoms with van der Waals surface area (Å²) in [6.07, 6.45) is 3.55. The minimum absolute atomic E-state index is 0.173. The second kappa shape index (κ2) is 6.22. The van der Waals surface area contributed by atoms with E-state index in [-0.39, 0.29) is 11.9 Å². The van der Waals surface area contributed by atoms with E-state index in [4.69, 9.17) is 4.74 Å². The van der Waals surface area contributed by atoms with Gasteiger partial charge in [-0.3, -0.25) is 4.79 Å². The van der Waals surface area contributed by atoms with Crippen molar-refractivity contribution in [2.75, 3.05) is 13.7 Å². The molecule has 2 atom stereocenters. The Labute approximate surface area is 145 Å². The predicted octanol–water partition coefficient (Wildman–Crippen LogP) is 2.29. The lowest BCUT2D eigenvalue weighted by molar-refractivity contribution is 0.0710. The van der Waals surface area contributed by atoms with Gasteiger partial charge in [0.2, 0.25) is 0 Å². The van der Waals surface area contributed by atoms with Crippen LogP contribution in [-0.4, -0.2) is 45.1 Å². The number of benzene rings is 1. The molecule has 1 saturated heterocycles. The normalized spacial score (nSPS) is 20.2. The third-order valence-corrected chi connectivity index (χ3v) is 4.60. The molecule has 1 aromatic carbocycles. The molecule has 3 heterocycles. The highest BCUT2D eigenvalue weighted by atomic mass is 16.5. The van der Waals surface area contributed by atoms with Gasteiger partial charge in [-0.05, 0) is 36.2 Å². The topological polar surface area (TPSA) is 67.1 Å². The van der Waals surface area contributed by atoms with Crippen molar-refractivity contribution in [3.8, 4) is 5.75 Å². The zero-order valence-electron chi connectivity index (χ0n) is 13.9. The average Bonchev–Trinajstić information content (AvgIpc) is 3.24. The van der Waals surface area contributed by atoms with Crippen molar-refractivity contribution >= 4 is 11.6 Å². The van der Waals surface area contributed by atoms with Gasteiger partial charge in [-0.15, -0.1) is 0 Å². The van der Waals surface area contributed by atoms with E-state index in [2.05, 4.69) is 4.98 Å². The fourth-order valence-electron chi connectivity index (χ4n) is 3.39. The number of carbonyl (C=O) groups is 1. The Hall–Kier alpha value is -2.86. The number of fused-ring (bicyclic) bond motifs is 1. The standard InChI is InChI=1S/C19H19N3O3/c1-25-15-6-4-5-13(9-15)17-10-14(23)11-22(17)19(24)16-12-21-8-3-2-7-18(21)20-16/h2-9,12,14,17,23H,10-11H2,1H3/t14-,17-/m1/s1. The fraction of sp³-hybridized carbons (Fsp3) is 0.263. The molecular formula is C19H19N3O3. The van der Waals surface area contributed by atoms with Gasteiger partial charge in [0.25, 0.3) is 5.91 Å². The molecule has 0 bridgehead atoms. The molecular weight excluding hydrogens is 318 g/mol. The fourth-order valence-corrected chi connectivity index (χ4v) is 3.39. The van der Waals surface area contributed by atoms with Crippen molar-refractivity contribution in [2.24, 2.45) is 0 Å². The largest absolute Gasteiger partial charge is 0.497 e. The van der Waals surface area contributed by atoms with Gasteiger partial charge < -0.3 is 19.1 Å². The molecule has 1 amide bonds. The Balaban J connectivity index is 1.67. The van der Waals surface area contributed by atoms with Crippen LogP contribution in [0.4, 0.5) is 0 Å². The van der Waals surface area contributed by atoms with Crippen LogP contribution < -0.4 is 4.74 Å². The molecule has 3 aromatic rings. The highest BCUT2D eigenvalue weighted by molar-refractivity contribution is 5.93. The van der Waals surface area contributed by atoms with Gasteiger partial charge in [0, 0.05) is 18.9 Å². The number of hydrogen-bond acceptors (Lipinski definition) is 4. The molecule has 0 unspecified atom stereocenters. The minimum Gasteiger partial charge on any atom is -0.497 e. The third kappa shape index (κ3) is 2.85. The number of aliphatic hydroxyl groups is 1. The molecule has 128 valence electrons. The van der Waals surface area contributed by atoms with Crippen LogP contribution in [0.5, 0.6) is 5.75 Å². The zero-order valence-corrected chi connectivity index (χ0v) is 13.9. The summed E-state index contributed by atoms with van der Waals surface area (Å²) in [6.45, 7) is 0.300. The number of amides is 1. The SMILES string of the molecule is COc1cccc([C@H]2C[C@@H](O)CN2C(=O)c2cn3ccccc3n2)c1. The number of ether oxygens (including phenoxy) is 1. The maximum atomic E-state index is 13.0. The van der Waals surface area contributed by atoms with E-state index >= 15 is 0 Å². The van der Waals surface area contributed by atoms with E-state index in [0.717, 1.165) is 17.0 Å². The number of aliphatic hydroxyl groups excluding tert-OH is 1. The number of imidazole rings is 1. The molecule has 1 fully saturated rings. The lowest BCUT2D eigenvalue weighted by Crippen LogP contribution is -2.32. The van der Waals surface area contributed by atoms with Gasteiger partial charge in [0.15, 0.2) is 0 Å². The number of aromatic nitrogens is 2. The number of β-amino-alcohol motifs (C(OH)–C–C–N with tert-alkyl or cyclic N) is 1. The number of rotatable bonds is 3. The van der Waals surface area contributed by atoms with Crippen LogP contribution in [0, 0.1) is 0 Å². The van der Waals surface area contributed by atoms with Crippen LogP contribution in [0.1, 0.15) is 28.5 Å². The molecule has 0 radical (unpaired) electrons. The smallest absolute Gasteiger partial charge is 0.274 e.